The Hall–Kier alpha value is -3.01. The van der Waals surface area contributed by atoms with Crippen LogP contribution >= 0.6 is 0 Å². The van der Waals surface area contributed by atoms with Gasteiger partial charge in [-0.25, -0.2) is 0 Å². The molecule has 0 unspecified atom stereocenters. The number of nitriles is 1. The lowest BCUT2D eigenvalue weighted by Crippen LogP contribution is -2.06. The third-order valence-electron chi connectivity index (χ3n) is 2.60. The maximum Gasteiger partial charge on any atom is 0.257 e. The van der Waals surface area contributed by atoms with E-state index in [1.807, 2.05) is 12.1 Å². The topological polar surface area (TPSA) is 107 Å². The van der Waals surface area contributed by atoms with Crippen molar-refractivity contribution in [2.45, 2.75) is 0 Å². The van der Waals surface area contributed by atoms with Gasteiger partial charge in [0, 0.05) is 11.3 Å². The summed E-state index contributed by atoms with van der Waals surface area (Å²) in [5.41, 5.74) is 1.72. The number of nitrogens with zero attached hydrogens (tertiary/aromatic N) is 4. The fourth-order valence-corrected chi connectivity index (χ4v) is 1.85. The van der Waals surface area contributed by atoms with E-state index in [2.05, 4.69) is 25.9 Å². The fraction of sp³-hybridized carbons (Fsp3) is 0. The van der Waals surface area contributed by atoms with E-state index >= 15 is 0 Å². The van der Waals surface area contributed by atoms with Crippen molar-refractivity contribution in [1.82, 2.24) is 20.6 Å². The Labute approximate surface area is 101 Å². The van der Waals surface area contributed by atoms with Crippen molar-refractivity contribution in [3.8, 4) is 6.07 Å². The van der Waals surface area contributed by atoms with E-state index in [-0.39, 0.29) is 22.9 Å². The van der Waals surface area contributed by atoms with Gasteiger partial charge in [0.25, 0.3) is 5.91 Å². The van der Waals surface area contributed by atoms with E-state index in [0.29, 0.717) is 11.3 Å². The molecule has 0 saturated heterocycles. The van der Waals surface area contributed by atoms with Crippen LogP contribution < -0.4 is 5.32 Å². The summed E-state index contributed by atoms with van der Waals surface area (Å²) < 4.78 is 0. The monoisotopic (exact) mass is 238 g/mol. The van der Waals surface area contributed by atoms with E-state index in [4.69, 9.17) is 0 Å². The maximum absolute atomic E-state index is 11.9. The van der Waals surface area contributed by atoms with Crippen LogP contribution in [0.25, 0.3) is 11.1 Å². The molecule has 0 radical (unpaired) electrons. The van der Waals surface area contributed by atoms with Crippen LogP contribution in [0.2, 0.25) is 0 Å². The van der Waals surface area contributed by atoms with Crippen molar-refractivity contribution in [3.05, 3.63) is 35.7 Å². The predicted octanol–water partition coefficient (Wildman–Crippen LogP) is 0.586. The highest BCUT2D eigenvalue weighted by atomic mass is 16.2. The number of tetrazole rings is 1. The second-order valence-electron chi connectivity index (χ2n) is 3.60. The predicted molar refractivity (Wildman–Crippen MR) is 61.7 cm³/mol. The summed E-state index contributed by atoms with van der Waals surface area (Å²) in [6, 6.07) is 9.09. The second kappa shape index (κ2) is 3.78. The summed E-state index contributed by atoms with van der Waals surface area (Å²) >= 11 is 0. The highest BCUT2D eigenvalue weighted by Gasteiger charge is 2.29. The Kier molecular flexibility index (Phi) is 2.13. The van der Waals surface area contributed by atoms with E-state index in [0.717, 1.165) is 0 Å². The van der Waals surface area contributed by atoms with Crippen molar-refractivity contribution >= 4 is 22.7 Å². The molecule has 1 aliphatic heterocycles. The van der Waals surface area contributed by atoms with Gasteiger partial charge < -0.3 is 5.32 Å². The first-order valence-corrected chi connectivity index (χ1v) is 5.10. The van der Waals surface area contributed by atoms with Crippen LogP contribution in [0.5, 0.6) is 0 Å². The number of hydrogen-bond donors (Lipinski definition) is 2. The van der Waals surface area contributed by atoms with Gasteiger partial charge in [0.2, 0.25) is 5.82 Å². The third-order valence-corrected chi connectivity index (χ3v) is 2.60. The van der Waals surface area contributed by atoms with Crippen LogP contribution in [0.3, 0.4) is 0 Å². The van der Waals surface area contributed by atoms with Crippen LogP contribution in [0.15, 0.2) is 24.3 Å². The van der Waals surface area contributed by atoms with Gasteiger partial charge in [-0.1, -0.05) is 18.2 Å². The summed E-state index contributed by atoms with van der Waals surface area (Å²) in [6.45, 7) is 0. The van der Waals surface area contributed by atoms with E-state index in [1.54, 1.807) is 18.2 Å². The number of para-hydroxylation sites is 1. The Balaban J connectivity index is 2.28. The molecule has 18 heavy (non-hydrogen) atoms. The number of carbonyl (C=O) groups excluding carboxylic acids is 1. The summed E-state index contributed by atoms with van der Waals surface area (Å²) in [6.07, 6.45) is 0. The van der Waals surface area contributed by atoms with E-state index < -0.39 is 0 Å². The highest BCUT2D eigenvalue weighted by molar-refractivity contribution is 6.37. The van der Waals surface area contributed by atoms with Gasteiger partial charge in [0.15, 0.2) is 0 Å². The van der Waals surface area contributed by atoms with Crippen molar-refractivity contribution < 1.29 is 4.79 Å². The molecule has 0 spiro atoms. The molecule has 2 N–H and O–H groups in total. The number of hydrogen-bond acceptors (Lipinski definition) is 5. The fourth-order valence-electron chi connectivity index (χ4n) is 1.85. The molecule has 0 fully saturated rings. The molecule has 0 atom stereocenters. The minimum atomic E-state index is -0.336. The summed E-state index contributed by atoms with van der Waals surface area (Å²) in [7, 11) is 0. The number of allylic oxidation sites excluding steroid dienone is 1. The Morgan fingerprint density at radius 1 is 1.33 bits per heavy atom. The maximum atomic E-state index is 11.9. The number of aromatic nitrogens is 4. The molecule has 3 rings (SSSR count). The first kappa shape index (κ1) is 10.2. The molecule has 1 amide bonds. The number of carbonyl (C=O) groups is 1. The average molecular weight is 238 g/mol. The lowest BCUT2D eigenvalue weighted by molar-refractivity contribution is -0.110. The minimum Gasteiger partial charge on any atom is -0.321 e. The quantitative estimate of drug-likeness (QED) is 0.558. The first-order valence-electron chi connectivity index (χ1n) is 5.10. The van der Waals surface area contributed by atoms with Gasteiger partial charge in [-0.2, -0.15) is 10.5 Å². The molecule has 0 aliphatic carbocycles. The van der Waals surface area contributed by atoms with Crippen molar-refractivity contribution in [2.24, 2.45) is 0 Å². The minimum absolute atomic E-state index is 0.103. The molecular formula is C11H6N6O. The molecule has 1 aliphatic rings. The molecule has 2 aromatic rings. The number of rotatable bonds is 1. The highest BCUT2D eigenvalue weighted by Crippen LogP contribution is 2.35. The molecule has 1 aromatic carbocycles. The van der Waals surface area contributed by atoms with Crippen molar-refractivity contribution in [1.29, 1.82) is 5.26 Å². The molecule has 7 nitrogen and oxygen atoms in total. The SMILES string of the molecule is N#C/C(=C1\C(=O)Nc2ccccc21)c1nn[nH]n1. The zero-order valence-corrected chi connectivity index (χ0v) is 9.01. The number of aromatic amines is 1. The molecule has 7 heteroatoms. The zero-order valence-electron chi connectivity index (χ0n) is 9.01. The molecule has 86 valence electrons. The van der Waals surface area contributed by atoms with Gasteiger partial charge in [-0.3, -0.25) is 4.79 Å². The smallest absolute Gasteiger partial charge is 0.257 e. The largest absolute Gasteiger partial charge is 0.321 e. The summed E-state index contributed by atoms with van der Waals surface area (Å²) in [4.78, 5) is 11.9. The Bertz CT molecular complexity index is 695. The normalized spacial score (nSPS) is 15.8. The van der Waals surface area contributed by atoms with Crippen molar-refractivity contribution in [3.63, 3.8) is 0 Å². The van der Waals surface area contributed by atoms with E-state index in [9.17, 15) is 10.1 Å². The van der Waals surface area contributed by atoms with Crippen LogP contribution in [-0.4, -0.2) is 26.5 Å². The van der Waals surface area contributed by atoms with Gasteiger partial charge in [-0.05, 0) is 11.3 Å². The number of fused-ring (bicyclic) bond motifs is 1. The second-order valence-corrected chi connectivity index (χ2v) is 3.60. The number of anilines is 1. The standard InChI is InChI=1S/C11H6N6O/c12-5-7(10-14-16-17-15-10)9-6-3-1-2-4-8(6)13-11(9)18/h1-4H,(H,13,18)(H,14,15,16,17)/b9-7+. The number of amides is 1. The van der Waals surface area contributed by atoms with Crippen LogP contribution in [-0.2, 0) is 4.79 Å². The van der Waals surface area contributed by atoms with E-state index in [1.165, 1.54) is 0 Å². The third kappa shape index (κ3) is 1.36. The van der Waals surface area contributed by atoms with Gasteiger partial charge in [0.1, 0.15) is 11.6 Å². The molecule has 0 bridgehead atoms. The first-order chi connectivity index (χ1) is 8.81. The van der Waals surface area contributed by atoms with Gasteiger partial charge in [0.05, 0.1) is 5.57 Å². The van der Waals surface area contributed by atoms with Crippen LogP contribution in [0.4, 0.5) is 5.69 Å². The van der Waals surface area contributed by atoms with Crippen LogP contribution in [0.1, 0.15) is 11.4 Å². The summed E-state index contributed by atoms with van der Waals surface area (Å²) in [5.74, 6) is -0.225. The van der Waals surface area contributed by atoms with Crippen molar-refractivity contribution in [2.75, 3.05) is 5.32 Å². The molecule has 1 aromatic heterocycles. The van der Waals surface area contributed by atoms with Gasteiger partial charge >= 0.3 is 0 Å². The number of H-pyrrole nitrogens is 1. The molecule has 0 saturated carbocycles. The number of nitrogens with one attached hydrogen (secondary N) is 2. The average Bonchev–Trinajstić information content (AvgIpc) is 2.99. The lowest BCUT2D eigenvalue weighted by atomic mass is 10.0. The summed E-state index contributed by atoms with van der Waals surface area (Å²) in [5, 5.41) is 25.0. The molecular weight excluding hydrogens is 232 g/mol. The van der Waals surface area contributed by atoms with Gasteiger partial charge in [-0.15, -0.1) is 10.2 Å². The molecule has 2 heterocycles. The Morgan fingerprint density at radius 2 is 2.17 bits per heavy atom. The Morgan fingerprint density at radius 3 is 2.89 bits per heavy atom. The lowest BCUT2D eigenvalue weighted by Gasteiger charge is -1.98. The number of benzene rings is 1. The zero-order chi connectivity index (χ0) is 12.5. The van der Waals surface area contributed by atoms with Crippen LogP contribution in [0, 0.1) is 11.3 Å².